The van der Waals surface area contributed by atoms with Gasteiger partial charge in [0, 0.05) is 11.7 Å². The first-order valence-corrected chi connectivity index (χ1v) is 7.56. The maximum Gasteiger partial charge on any atom is 0.404 e. The van der Waals surface area contributed by atoms with Gasteiger partial charge in [-0.15, -0.1) is 0 Å². The quantitative estimate of drug-likeness (QED) is 0.890. The van der Waals surface area contributed by atoms with Gasteiger partial charge in [0.05, 0.1) is 0 Å². The number of amides is 1. The molecule has 0 aliphatic heterocycles. The molecule has 4 heteroatoms. The molecule has 0 bridgehead atoms. The number of rotatable bonds is 3. The Morgan fingerprint density at radius 2 is 2.00 bits per heavy atom. The highest BCUT2D eigenvalue weighted by molar-refractivity contribution is 5.64. The highest BCUT2D eigenvalue weighted by Crippen LogP contribution is 2.31. The maximum absolute atomic E-state index is 10.8. The Bertz CT molecular complexity index is 493. The van der Waals surface area contributed by atoms with Crippen molar-refractivity contribution in [3.63, 3.8) is 0 Å². The van der Waals surface area contributed by atoms with E-state index in [9.17, 15) is 4.79 Å². The molecule has 1 aromatic rings. The molecule has 4 nitrogen and oxygen atoms in total. The number of hydrogen-bond donors (Lipinski definition) is 2. The fourth-order valence-electron chi connectivity index (χ4n) is 3.46. The van der Waals surface area contributed by atoms with E-state index in [1.165, 1.54) is 36.1 Å². The van der Waals surface area contributed by atoms with E-state index < -0.39 is 6.09 Å². The minimum atomic E-state index is -0.651. The highest BCUT2D eigenvalue weighted by atomic mass is 16.6. The van der Waals surface area contributed by atoms with Gasteiger partial charge in [0.1, 0.15) is 6.10 Å². The van der Waals surface area contributed by atoms with E-state index in [1.54, 1.807) is 0 Å². The predicted molar refractivity (Wildman–Crippen MR) is 78.8 cm³/mol. The summed E-state index contributed by atoms with van der Waals surface area (Å²) in [5.74, 6) is 0. The minimum absolute atomic E-state index is 0.00652. The standard InChI is InChI=1S/C16H22N2O2/c17-16(19)20-13-9-7-12(8-10-13)18-15-6-2-4-11-3-1-5-14(11)15/h2,4,6,12-13,18H,1,3,5,7-10H2,(H2,17,19). The van der Waals surface area contributed by atoms with E-state index in [2.05, 4.69) is 23.5 Å². The van der Waals surface area contributed by atoms with E-state index in [0.29, 0.717) is 6.04 Å². The second-order valence-electron chi connectivity index (χ2n) is 5.85. The van der Waals surface area contributed by atoms with Crippen LogP contribution in [-0.4, -0.2) is 18.2 Å². The van der Waals surface area contributed by atoms with Crippen LogP contribution >= 0.6 is 0 Å². The van der Waals surface area contributed by atoms with Crippen LogP contribution in [0.25, 0.3) is 0 Å². The fraction of sp³-hybridized carbons (Fsp3) is 0.562. The molecule has 1 amide bonds. The molecule has 0 saturated heterocycles. The van der Waals surface area contributed by atoms with Crippen molar-refractivity contribution in [3.05, 3.63) is 29.3 Å². The van der Waals surface area contributed by atoms with Gasteiger partial charge >= 0.3 is 6.09 Å². The summed E-state index contributed by atoms with van der Waals surface area (Å²) in [4.78, 5) is 10.8. The summed E-state index contributed by atoms with van der Waals surface area (Å²) in [5, 5.41) is 3.68. The number of ether oxygens (including phenoxy) is 1. The molecule has 0 radical (unpaired) electrons. The van der Waals surface area contributed by atoms with Crippen LogP contribution in [0.1, 0.15) is 43.2 Å². The number of primary amides is 1. The lowest BCUT2D eigenvalue weighted by atomic mass is 9.92. The van der Waals surface area contributed by atoms with Gasteiger partial charge in [-0.25, -0.2) is 4.79 Å². The zero-order chi connectivity index (χ0) is 13.9. The molecule has 3 N–H and O–H groups in total. The van der Waals surface area contributed by atoms with Gasteiger partial charge in [-0.1, -0.05) is 12.1 Å². The molecule has 0 atom stereocenters. The zero-order valence-corrected chi connectivity index (χ0v) is 11.7. The molecule has 108 valence electrons. The Kier molecular flexibility index (Phi) is 3.81. The lowest BCUT2D eigenvalue weighted by Crippen LogP contribution is -2.32. The van der Waals surface area contributed by atoms with E-state index >= 15 is 0 Å². The van der Waals surface area contributed by atoms with E-state index in [-0.39, 0.29) is 6.10 Å². The van der Waals surface area contributed by atoms with Gasteiger partial charge in [0.15, 0.2) is 0 Å². The van der Waals surface area contributed by atoms with Crippen molar-refractivity contribution in [1.82, 2.24) is 0 Å². The summed E-state index contributed by atoms with van der Waals surface area (Å²) in [6.45, 7) is 0. The summed E-state index contributed by atoms with van der Waals surface area (Å²) >= 11 is 0. The van der Waals surface area contributed by atoms with Crippen molar-refractivity contribution in [3.8, 4) is 0 Å². The van der Waals surface area contributed by atoms with Crippen LogP contribution in [-0.2, 0) is 17.6 Å². The van der Waals surface area contributed by atoms with Gasteiger partial charge in [0.2, 0.25) is 0 Å². The number of benzene rings is 1. The molecule has 20 heavy (non-hydrogen) atoms. The molecule has 0 aromatic heterocycles. The number of nitrogens with one attached hydrogen (secondary N) is 1. The first-order chi connectivity index (χ1) is 9.72. The Balaban J connectivity index is 1.58. The number of fused-ring (bicyclic) bond motifs is 1. The highest BCUT2D eigenvalue weighted by Gasteiger charge is 2.24. The van der Waals surface area contributed by atoms with Crippen molar-refractivity contribution < 1.29 is 9.53 Å². The van der Waals surface area contributed by atoms with Crippen LogP contribution in [0.4, 0.5) is 10.5 Å². The molecule has 2 aliphatic rings. The Labute approximate surface area is 119 Å². The predicted octanol–water partition coefficient (Wildman–Crippen LogP) is 2.99. The lowest BCUT2D eigenvalue weighted by molar-refractivity contribution is 0.0806. The number of anilines is 1. The molecule has 2 aliphatic carbocycles. The summed E-state index contributed by atoms with van der Waals surface area (Å²) in [6.07, 6.45) is 6.89. The van der Waals surface area contributed by atoms with Gasteiger partial charge < -0.3 is 15.8 Å². The molecule has 1 fully saturated rings. The third-order valence-electron chi connectivity index (χ3n) is 4.46. The van der Waals surface area contributed by atoms with E-state index in [0.717, 1.165) is 25.7 Å². The van der Waals surface area contributed by atoms with Gasteiger partial charge in [-0.2, -0.15) is 0 Å². The van der Waals surface area contributed by atoms with Crippen LogP contribution in [0.5, 0.6) is 0 Å². The van der Waals surface area contributed by atoms with E-state index in [4.69, 9.17) is 10.5 Å². The molecular weight excluding hydrogens is 252 g/mol. The van der Waals surface area contributed by atoms with Crippen LogP contribution < -0.4 is 11.1 Å². The molecule has 0 unspecified atom stereocenters. The first-order valence-electron chi connectivity index (χ1n) is 7.56. The third-order valence-corrected chi connectivity index (χ3v) is 4.46. The number of aryl methyl sites for hydroxylation is 1. The SMILES string of the molecule is NC(=O)OC1CCC(Nc2cccc3c2CCC3)CC1. The molecule has 0 heterocycles. The monoisotopic (exact) mass is 274 g/mol. The zero-order valence-electron chi connectivity index (χ0n) is 11.7. The molecule has 0 spiro atoms. The van der Waals surface area contributed by atoms with Crippen LogP contribution in [0.3, 0.4) is 0 Å². The smallest absolute Gasteiger partial charge is 0.404 e. The van der Waals surface area contributed by atoms with Crippen LogP contribution in [0.2, 0.25) is 0 Å². The third kappa shape index (κ3) is 2.89. The van der Waals surface area contributed by atoms with Gasteiger partial charge in [-0.05, 0) is 62.1 Å². The van der Waals surface area contributed by atoms with Gasteiger partial charge in [-0.3, -0.25) is 0 Å². The summed E-state index contributed by atoms with van der Waals surface area (Å²) in [6, 6.07) is 7.06. The average Bonchev–Trinajstić information content (AvgIpc) is 2.90. The number of nitrogens with two attached hydrogens (primary N) is 1. The summed E-state index contributed by atoms with van der Waals surface area (Å²) in [5.41, 5.74) is 9.37. The normalized spacial score (nSPS) is 25.0. The summed E-state index contributed by atoms with van der Waals surface area (Å²) < 4.78 is 5.07. The van der Waals surface area contributed by atoms with Crippen LogP contribution in [0, 0.1) is 0 Å². The van der Waals surface area contributed by atoms with Crippen molar-refractivity contribution >= 4 is 11.8 Å². The second-order valence-corrected chi connectivity index (χ2v) is 5.85. The second kappa shape index (κ2) is 5.73. The topological polar surface area (TPSA) is 64.4 Å². The lowest BCUT2D eigenvalue weighted by Gasteiger charge is -2.29. The Morgan fingerprint density at radius 1 is 1.20 bits per heavy atom. The number of carbonyl (C=O) groups excluding carboxylic acids is 1. The number of hydrogen-bond acceptors (Lipinski definition) is 3. The maximum atomic E-state index is 10.8. The van der Waals surface area contributed by atoms with Crippen molar-refractivity contribution in [2.45, 2.75) is 57.1 Å². The molecule has 1 aromatic carbocycles. The minimum Gasteiger partial charge on any atom is -0.446 e. The molecule has 3 rings (SSSR count). The first kappa shape index (κ1) is 13.3. The van der Waals surface area contributed by atoms with Gasteiger partial charge in [0.25, 0.3) is 0 Å². The Morgan fingerprint density at radius 3 is 2.75 bits per heavy atom. The summed E-state index contributed by atoms with van der Waals surface area (Å²) in [7, 11) is 0. The largest absolute Gasteiger partial charge is 0.446 e. The van der Waals surface area contributed by atoms with Crippen molar-refractivity contribution in [2.24, 2.45) is 5.73 Å². The average molecular weight is 274 g/mol. The van der Waals surface area contributed by atoms with Crippen molar-refractivity contribution in [2.75, 3.05) is 5.32 Å². The van der Waals surface area contributed by atoms with Crippen molar-refractivity contribution in [1.29, 1.82) is 0 Å². The Hall–Kier alpha value is -1.71. The fourth-order valence-corrected chi connectivity index (χ4v) is 3.46. The van der Waals surface area contributed by atoms with Crippen LogP contribution in [0.15, 0.2) is 18.2 Å². The number of carbonyl (C=O) groups is 1. The van der Waals surface area contributed by atoms with E-state index in [1.807, 2.05) is 0 Å². The molecule has 1 saturated carbocycles. The molecular formula is C16H22N2O2.